The highest BCUT2D eigenvalue weighted by atomic mass is 16.3. The van der Waals surface area contributed by atoms with Gasteiger partial charge in [0.2, 0.25) is 0 Å². The third-order valence-electron chi connectivity index (χ3n) is 1.95. The summed E-state index contributed by atoms with van der Waals surface area (Å²) in [6.45, 7) is -0.0210. The van der Waals surface area contributed by atoms with Crippen molar-refractivity contribution in [3.05, 3.63) is 30.1 Å². The highest BCUT2D eigenvalue weighted by molar-refractivity contribution is 6.07. The fraction of sp³-hybridized carbons (Fsp3) is 0.364. The maximum atomic E-state index is 11.5. The molecule has 0 saturated heterocycles. The Morgan fingerprint density at radius 3 is 2.80 bits per heavy atom. The number of nitrogens with zero attached hydrogens (tertiary/aromatic N) is 1. The summed E-state index contributed by atoms with van der Waals surface area (Å²) in [7, 11) is 0. The van der Waals surface area contributed by atoms with Crippen LogP contribution in [0.3, 0.4) is 0 Å². The maximum Gasteiger partial charge on any atom is 0.171 e. The van der Waals surface area contributed by atoms with E-state index in [1.807, 2.05) is 0 Å². The molecule has 0 spiro atoms. The molecule has 1 aromatic heterocycles. The van der Waals surface area contributed by atoms with Crippen molar-refractivity contribution in [1.82, 2.24) is 4.98 Å². The van der Waals surface area contributed by atoms with Gasteiger partial charge in [-0.2, -0.15) is 0 Å². The van der Waals surface area contributed by atoms with E-state index in [-0.39, 0.29) is 31.0 Å². The Hall–Kier alpha value is -1.55. The van der Waals surface area contributed by atoms with Crippen LogP contribution in [0.5, 0.6) is 0 Å². The lowest BCUT2D eigenvalue weighted by atomic mass is 10.1. The van der Waals surface area contributed by atoms with Crippen LogP contribution in [0.4, 0.5) is 0 Å². The molecule has 4 nitrogen and oxygen atoms in total. The average molecular weight is 207 g/mol. The molecule has 1 rings (SSSR count). The summed E-state index contributed by atoms with van der Waals surface area (Å²) in [5.41, 5.74) is 0.454. The predicted molar refractivity (Wildman–Crippen MR) is 54.5 cm³/mol. The van der Waals surface area contributed by atoms with E-state index in [2.05, 4.69) is 4.98 Å². The van der Waals surface area contributed by atoms with E-state index < -0.39 is 0 Å². The van der Waals surface area contributed by atoms with E-state index in [0.29, 0.717) is 12.0 Å². The predicted octanol–water partition coefficient (Wildman–Crippen LogP) is 0.996. The molecule has 0 aliphatic rings. The zero-order chi connectivity index (χ0) is 11.1. The number of ketones is 2. The Morgan fingerprint density at radius 1 is 1.40 bits per heavy atom. The lowest BCUT2D eigenvalue weighted by molar-refractivity contribution is -0.118. The number of carbonyl (C=O) groups is 2. The van der Waals surface area contributed by atoms with Crippen LogP contribution in [-0.4, -0.2) is 28.3 Å². The smallest absolute Gasteiger partial charge is 0.171 e. The molecule has 0 aliphatic heterocycles. The Bertz CT molecular complexity index is 335. The van der Waals surface area contributed by atoms with E-state index in [1.54, 1.807) is 18.3 Å². The second-order valence-electron chi connectivity index (χ2n) is 3.21. The van der Waals surface area contributed by atoms with Crippen molar-refractivity contribution in [2.24, 2.45) is 0 Å². The maximum absolute atomic E-state index is 11.5. The molecule has 4 heteroatoms. The SMILES string of the molecule is O=C(CCCO)CC(=O)c1cccnc1. The molecule has 0 aromatic carbocycles. The summed E-state index contributed by atoms with van der Waals surface area (Å²) in [6, 6.07) is 3.29. The van der Waals surface area contributed by atoms with Crippen LogP contribution in [0.2, 0.25) is 0 Å². The minimum absolute atomic E-state index is 0.0210. The van der Waals surface area contributed by atoms with Gasteiger partial charge in [0.25, 0.3) is 0 Å². The van der Waals surface area contributed by atoms with Gasteiger partial charge in [-0.3, -0.25) is 14.6 Å². The van der Waals surface area contributed by atoms with Crippen LogP contribution in [0.25, 0.3) is 0 Å². The van der Waals surface area contributed by atoms with E-state index in [4.69, 9.17) is 5.11 Å². The van der Waals surface area contributed by atoms with Crippen LogP contribution in [0.15, 0.2) is 24.5 Å². The summed E-state index contributed by atoms with van der Waals surface area (Å²) in [4.78, 5) is 26.5. The highest BCUT2D eigenvalue weighted by Crippen LogP contribution is 2.04. The molecule has 1 heterocycles. The number of hydrogen-bond acceptors (Lipinski definition) is 4. The monoisotopic (exact) mass is 207 g/mol. The summed E-state index contributed by atoms with van der Waals surface area (Å²) < 4.78 is 0. The van der Waals surface area contributed by atoms with Crippen LogP contribution in [0, 0.1) is 0 Å². The van der Waals surface area contributed by atoms with Gasteiger partial charge in [0.15, 0.2) is 5.78 Å². The Labute approximate surface area is 88.0 Å². The van der Waals surface area contributed by atoms with Crippen LogP contribution >= 0.6 is 0 Å². The van der Waals surface area contributed by atoms with Crippen LogP contribution in [-0.2, 0) is 4.79 Å². The quantitative estimate of drug-likeness (QED) is 0.558. The number of aromatic nitrogens is 1. The number of carbonyl (C=O) groups excluding carboxylic acids is 2. The first kappa shape index (κ1) is 11.5. The van der Waals surface area contributed by atoms with Gasteiger partial charge in [0, 0.05) is 31.0 Å². The Morgan fingerprint density at radius 2 is 2.20 bits per heavy atom. The lowest BCUT2D eigenvalue weighted by Gasteiger charge is -1.99. The first-order chi connectivity index (χ1) is 7.24. The number of Topliss-reactive ketones (excluding diaryl/α,β-unsaturated/α-hetero) is 2. The van der Waals surface area contributed by atoms with Gasteiger partial charge in [-0.15, -0.1) is 0 Å². The minimum Gasteiger partial charge on any atom is -0.396 e. The first-order valence-electron chi connectivity index (χ1n) is 4.80. The molecule has 80 valence electrons. The van der Waals surface area contributed by atoms with Gasteiger partial charge < -0.3 is 5.11 Å². The van der Waals surface area contributed by atoms with Crippen molar-refractivity contribution in [2.75, 3.05) is 6.61 Å². The van der Waals surface area contributed by atoms with E-state index >= 15 is 0 Å². The van der Waals surface area contributed by atoms with Crippen molar-refractivity contribution < 1.29 is 14.7 Å². The van der Waals surface area contributed by atoms with Gasteiger partial charge in [-0.05, 0) is 18.6 Å². The average Bonchev–Trinajstić information content (AvgIpc) is 2.27. The van der Waals surface area contributed by atoms with E-state index in [1.165, 1.54) is 6.20 Å². The fourth-order valence-electron chi connectivity index (χ4n) is 1.17. The normalized spacial score (nSPS) is 9.93. The standard InChI is InChI=1S/C11H13NO3/c13-6-2-4-10(14)7-11(15)9-3-1-5-12-8-9/h1,3,5,8,13H,2,4,6-7H2. The molecule has 0 unspecified atom stereocenters. The molecule has 1 N–H and O–H groups in total. The van der Waals surface area contributed by atoms with Crippen molar-refractivity contribution in [1.29, 1.82) is 0 Å². The van der Waals surface area contributed by atoms with Crippen molar-refractivity contribution >= 4 is 11.6 Å². The molecule has 0 atom stereocenters. The molecule has 15 heavy (non-hydrogen) atoms. The Kier molecular flexibility index (Phi) is 4.63. The molecule has 0 aliphatic carbocycles. The zero-order valence-corrected chi connectivity index (χ0v) is 8.35. The zero-order valence-electron chi connectivity index (χ0n) is 8.35. The summed E-state index contributed by atoms with van der Waals surface area (Å²) in [5.74, 6) is -0.357. The van der Waals surface area contributed by atoms with Gasteiger partial charge in [0.1, 0.15) is 5.78 Å². The number of pyridine rings is 1. The second kappa shape index (κ2) is 6.03. The molecule has 0 saturated carbocycles. The van der Waals surface area contributed by atoms with Gasteiger partial charge in [-0.25, -0.2) is 0 Å². The number of rotatable bonds is 6. The molecule has 1 aromatic rings. The fourth-order valence-corrected chi connectivity index (χ4v) is 1.17. The number of aliphatic hydroxyl groups excluding tert-OH is 1. The van der Waals surface area contributed by atoms with E-state index in [9.17, 15) is 9.59 Å². The van der Waals surface area contributed by atoms with Gasteiger partial charge in [-0.1, -0.05) is 0 Å². The lowest BCUT2D eigenvalue weighted by Crippen LogP contribution is -2.08. The summed E-state index contributed by atoms with van der Waals surface area (Å²) in [5, 5.41) is 8.52. The molecule has 0 radical (unpaired) electrons. The second-order valence-corrected chi connectivity index (χ2v) is 3.21. The molecular formula is C11H13NO3. The Balaban J connectivity index is 2.46. The summed E-state index contributed by atoms with van der Waals surface area (Å²) in [6.07, 6.45) is 3.58. The van der Waals surface area contributed by atoms with E-state index in [0.717, 1.165) is 0 Å². The highest BCUT2D eigenvalue weighted by Gasteiger charge is 2.11. The number of aliphatic hydroxyl groups is 1. The van der Waals surface area contributed by atoms with Gasteiger partial charge >= 0.3 is 0 Å². The van der Waals surface area contributed by atoms with Crippen LogP contribution < -0.4 is 0 Å². The third-order valence-corrected chi connectivity index (χ3v) is 1.95. The first-order valence-corrected chi connectivity index (χ1v) is 4.80. The molecule has 0 bridgehead atoms. The summed E-state index contributed by atoms with van der Waals surface area (Å²) >= 11 is 0. The molecule has 0 amide bonds. The largest absolute Gasteiger partial charge is 0.396 e. The van der Waals surface area contributed by atoms with Crippen molar-refractivity contribution in [2.45, 2.75) is 19.3 Å². The molecular weight excluding hydrogens is 194 g/mol. The van der Waals surface area contributed by atoms with Crippen molar-refractivity contribution in [3.63, 3.8) is 0 Å². The third kappa shape index (κ3) is 3.99. The molecule has 0 fully saturated rings. The van der Waals surface area contributed by atoms with Gasteiger partial charge in [0.05, 0.1) is 6.42 Å². The van der Waals surface area contributed by atoms with Crippen molar-refractivity contribution in [3.8, 4) is 0 Å². The minimum atomic E-state index is -0.217. The number of hydrogen-bond donors (Lipinski definition) is 1. The van der Waals surface area contributed by atoms with Crippen LogP contribution in [0.1, 0.15) is 29.6 Å². The topological polar surface area (TPSA) is 67.3 Å².